The standard InChI is InChI=1S/C13H18FN/c14-13-3-1-2-11(9-13)12-5-4-10(8-12)6-7-15/h1-3,9-10,12H,4-8,15H2. The molecule has 2 rings (SSSR count). The fourth-order valence-corrected chi connectivity index (χ4v) is 2.64. The van der Waals surface area contributed by atoms with Gasteiger partial charge in [0.25, 0.3) is 0 Å². The van der Waals surface area contributed by atoms with Crippen LogP contribution in [-0.4, -0.2) is 6.54 Å². The molecule has 0 aliphatic heterocycles. The molecule has 0 saturated heterocycles. The van der Waals surface area contributed by atoms with E-state index in [1.165, 1.54) is 25.3 Å². The van der Waals surface area contributed by atoms with Crippen LogP contribution in [0.15, 0.2) is 24.3 Å². The Labute approximate surface area is 90.5 Å². The van der Waals surface area contributed by atoms with Crippen molar-refractivity contribution in [3.8, 4) is 0 Å². The molecule has 0 bridgehead atoms. The van der Waals surface area contributed by atoms with E-state index in [0.29, 0.717) is 5.92 Å². The molecule has 2 atom stereocenters. The molecule has 0 heterocycles. The van der Waals surface area contributed by atoms with E-state index in [1.54, 1.807) is 12.1 Å². The molecule has 1 aromatic carbocycles. The Bertz CT molecular complexity index is 324. The minimum atomic E-state index is -0.116. The van der Waals surface area contributed by atoms with Crippen molar-refractivity contribution < 1.29 is 4.39 Å². The minimum absolute atomic E-state index is 0.116. The summed E-state index contributed by atoms with van der Waals surface area (Å²) in [4.78, 5) is 0. The predicted molar refractivity (Wildman–Crippen MR) is 60.2 cm³/mol. The van der Waals surface area contributed by atoms with Gasteiger partial charge in [-0.2, -0.15) is 0 Å². The van der Waals surface area contributed by atoms with Crippen LogP contribution in [0.1, 0.15) is 37.2 Å². The molecule has 1 nitrogen and oxygen atoms in total. The zero-order valence-electron chi connectivity index (χ0n) is 8.95. The topological polar surface area (TPSA) is 26.0 Å². The molecule has 1 fully saturated rings. The third kappa shape index (κ3) is 2.57. The van der Waals surface area contributed by atoms with E-state index < -0.39 is 0 Å². The van der Waals surface area contributed by atoms with Crippen LogP contribution in [-0.2, 0) is 0 Å². The molecule has 1 saturated carbocycles. The van der Waals surface area contributed by atoms with Gasteiger partial charge in [-0.05, 0) is 61.8 Å². The first kappa shape index (κ1) is 10.6. The van der Waals surface area contributed by atoms with Gasteiger partial charge >= 0.3 is 0 Å². The second kappa shape index (κ2) is 4.75. The minimum Gasteiger partial charge on any atom is -0.330 e. The van der Waals surface area contributed by atoms with Crippen molar-refractivity contribution in [2.75, 3.05) is 6.54 Å². The average Bonchev–Trinajstić information content (AvgIpc) is 2.67. The fourth-order valence-electron chi connectivity index (χ4n) is 2.64. The lowest BCUT2D eigenvalue weighted by Gasteiger charge is -2.11. The molecular formula is C13H18FN. The highest BCUT2D eigenvalue weighted by Crippen LogP contribution is 2.39. The summed E-state index contributed by atoms with van der Waals surface area (Å²) in [6.07, 6.45) is 4.74. The van der Waals surface area contributed by atoms with E-state index >= 15 is 0 Å². The Morgan fingerprint density at radius 2 is 2.20 bits per heavy atom. The first-order valence-corrected chi connectivity index (χ1v) is 5.75. The summed E-state index contributed by atoms with van der Waals surface area (Å²) in [7, 11) is 0. The second-order valence-electron chi connectivity index (χ2n) is 4.51. The van der Waals surface area contributed by atoms with Gasteiger partial charge in [0.1, 0.15) is 5.82 Å². The lowest BCUT2D eigenvalue weighted by atomic mass is 9.95. The Morgan fingerprint density at radius 1 is 1.33 bits per heavy atom. The molecule has 15 heavy (non-hydrogen) atoms. The highest BCUT2D eigenvalue weighted by Gasteiger charge is 2.25. The van der Waals surface area contributed by atoms with Gasteiger partial charge in [-0.3, -0.25) is 0 Å². The van der Waals surface area contributed by atoms with E-state index in [9.17, 15) is 4.39 Å². The molecular weight excluding hydrogens is 189 g/mol. The van der Waals surface area contributed by atoms with Crippen molar-refractivity contribution in [3.05, 3.63) is 35.6 Å². The lowest BCUT2D eigenvalue weighted by Crippen LogP contribution is -2.05. The fraction of sp³-hybridized carbons (Fsp3) is 0.538. The first-order valence-electron chi connectivity index (χ1n) is 5.75. The van der Waals surface area contributed by atoms with Crippen LogP contribution in [0.3, 0.4) is 0 Å². The zero-order valence-corrected chi connectivity index (χ0v) is 8.95. The van der Waals surface area contributed by atoms with Gasteiger partial charge < -0.3 is 5.73 Å². The van der Waals surface area contributed by atoms with Crippen LogP contribution in [0, 0.1) is 11.7 Å². The Hall–Kier alpha value is -0.890. The van der Waals surface area contributed by atoms with Crippen molar-refractivity contribution in [2.24, 2.45) is 11.7 Å². The number of benzene rings is 1. The van der Waals surface area contributed by atoms with E-state index in [2.05, 4.69) is 0 Å². The van der Waals surface area contributed by atoms with Gasteiger partial charge in [0, 0.05) is 0 Å². The van der Waals surface area contributed by atoms with Crippen LogP contribution < -0.4 is 5.73 Å². The number of hydrogen-bond donors (Lipinski definition) is 1. The summed E-state index contributed by atoms with van der Waals surface area (Å²) in [5.41, 5.74) is 6.72. The highest BCUT2D eigenvalue weighted by molar-refractivity contribution is 5.21. The maximum absolute atomic E-state index is 13.0. The smallest absolute Gasteiger partial charge is 0.123 e. The summed E-state index contributed by atoms with van der Waals surface area (Å²) in [5.74, 6) is 1.19. The molecule has 2 heteroatoms. The van der Waals surface area contributed by atoms with E-state index in [-0.39, 0.29) is 5.82 Å². The van der Waals surface area contributed by atoms with Crippen LogP contribution in [0.5, 0.6) is 0 Å². The summed E-state index contributed by atoms with van der Waals surface area (Å²) in [6, 6.07) is 7.03. The number of rotatable bonds is 3. The van der Waals surface area contributed by atoms with Gasteiger partial charge in [-0.1, -0.05) is 12.1 Å². The lowest BCUT2D eigenvalue weighted by molar-refractivity contribution is 0.502. The van der Waals surface area contributed by atoms with E-state index in [1.807, 2.05) is 6.07 Å². The second-order valence-corrected chi connectivity index (χ2v) is 4.51. The molecule has 2 N–H and O–H groups in total. The Morgan fingerprint density at radius 3 is 2.93 bits per heavy atom. The molecule has 0 spiro atoms. The molecule has 1 aliphatic rings. The molecule has 1 aliphatic carbocycles. The van der Waals surface area contributed by atoms with Gasteiger partial charge in [0.2, 0.25) is 0 Å². The maximum Gasteiger partial charge on any atom is 0.123 e. The van der Waals surface area contributed by atoms with Crippen molar-refractivity contribution >= 4 is 0 Å². The first-order chi connectivity index (χ1) is 7.29. The van der Waals surface area contributed by atoms with Crippen LogP contribution in [0.4, 0.5) is 4.39 Å². The largest absolute Gasteiger partial charge is 0.330 e. The van der Waals surface area contributed by atoms with Crippen LogP contribution in [0.25, 0.3) is 0 Å². The average molecular weight is 207 g/mol. The molecule has 82 valence electrons. The van der Waals surface area contributed by atoms with E-state index in [4.69, 9.17) is 5.73 Å². The van der Waals surface area contributed by atoms with Crippen LogP contribution >= 0.6 is 0 Å². The van der Waals surface area contributed by atoms with Crippen molar-refractivity contribution in [1.29, 1.82) is 0 Å². The maximum atomic E-state index is 13.0. The quantitative estimate of drug-likeness (QED) is 0.810. The zero-order chi connectivity index (χ0) is 10.7. The molecule has 0 radical (unpaired) electrons. The van der Waals surface area contributed by atoms with Gasteiger partial charge in [-0.25, -0.2) is 4.39 Å². The highest BCUT2D eigenvalue weighted by atomic mass is 19.1. The number of hydrogen-bond acceptors (Lipinski definition) is 1. The van der Waals surface area contributed by atoms with Gasteiger partial charge in [0.15, 0.2) is 0 Å². The molecule has 0 amide bonds. The van der Waals surface area contributed by atoms with Crippen LogP contribution in [0.2, 0.25) is 0 Å². The molecule has 0 aromatic heterocycles. The Balaban J connectivity index is 2.01. The van der Waals surface area contributed by atoms with Gasteiger partial charge in [-0.15, -0.1) is 0 Å². The SMILES string of the molecule is NCCC1CCC(c2cccc(F)c2)C1. The Kier molecular flexibility index (Phi) is 3.37. The summed E-state index contributed by atoms with van der Waals surface area (Å²) in [5, 5.41) is 0. The third-order valence-electron chi connectivity index (χ3n) is 3.44. The number of halogens is 1. The van der Waals surface area contributed by atoms with Crippen molar-refractivity contribution in [1.82, 2.24) is 0 Å². The summed E-state index contributed by atoms with van der Waals surface area (Å²) < 4.78 is 13.0. The van der Waals surface area contributed by atoms with Gasteiger partial charge in [0.05, 0.1) is 0 Å². The van der Waals surface area contributed by atoms with E-state index in [0.717, 1.165) is 24.4 Å². The predicted octanol–water partition coefficient (Wildman–Crippen LogP) is 3.06. The van der Waals surface area contributed by atoms with Crippen molar-refractivity contribution in [2.45, 2.75) is 31.6 Å². The third-order valence-corrected chi connectivity index (χ3v) is 3.44. The van der Waals surface area contributed by atoms with Crippen molar-refractivity contribution in [3.63, 3.8) is 0 Å². The number of nitrogens with two attached hydrogens (primary N) is 1. The molecule has 1 aromatic rings. The normalized spacial score (nSPS) is 25.7. The summed E-state index contributed by atoms with van der Waals surface area (Å²) >= 11 is 0. The monoisotopic (exact) mass is 207 g/mol. The summed E-state index contributed by atoms with van der Waals surface area (Å²) in [6.45, 7) is 0.778. The molecule has 2 unspecified atom stereocenters.